The smallest absolute Gasteiger partial charge is 0.0808 e. The highest BCUT2D eigenvalue weighted by atomic mass is 127. The summed E-state index contributed by atoms with van der Waals surface area (Å²) < 4.78 is 4.98. The summed E-state index contributed by atoms with van der Waals surface area (Å²) >= 11 is 11.3. The number of hydrogen-bond donors (Lipinski definition) is 0. The topological polar surface area (TPSA) is 0 Å². The van der Waals surface area contributed by atoms with Crippen LogP contribution in [0.2, 0.25) is 0 Å². The highest BCUT2D eigenvalue weighted by molar-refractivity contribution is 14.1. The highest BCUT2D eigenvalue weighted by Gasteiger charge is 2.09. The van der Waals surface area contributed by atoms with Crippen molar-refractivity contribution in [2.24, 2.45) is 0 Å². The molecule has 62 valence electrons. The zero-order valence-corrected chi connectivity index (χ0v) is 11.9. The third kappa shape index (κ3) is 1.47. The van der Waals surface area contributed by atoms with E-state index >= 15 is 0 Å². The lowest BCUT2D eigenvalue weighted by Crippen LogP contribution is -1.67. The predicted octanol–water partition coefficient (Wildman–Crippen LogP) is 5.03. The Balaban J connectivity index is 2.97. The molecule has 0 saturated heterocycles. The van der Waals surface area contributed by atoms with Crippen LogP contribution in [0.4, 0.5) is 0 Å². The van der Waals surface area contributed by atoms with Gasteiger partial charge in [-0.15, -0.1) is 11.3 Å². The molecule has 1 aromatic heterocycles. The van der Waals surface area contributed by atoms with E-state index in [1.165, 1.54) is 17.4 Å². The van der Waals surface area contributed by atoms with Crippen molar-refractivity contribution in [3.05, 3.63) is 30.0 Å². The van der Waals surface area contributed by atoms with E-state index in [1.807, 2.05) is 0 Å². The van der Waals surface area contributed by atoms with E-state index in [-0.39, 0.29) is 0 Å². The molecule has 0 N–H and O–H groups in total. The number of hydrogen-bond acceptors (Lipinski definition) is 1. The monoisotopic (exact) mass is 416 g/mol. The lowest BCUT2D eigenvalue weighted by atomic mass is 10.3. The maximum atomic E-state index is 3.57. The quantitative estimate of drug-likeness (QED) is 0.527. The van der Waals surface area contributed by atoms with Gasteiger partial charge in [-0.25, -0.2) is 0 Å². The maximum absolute atomic E-state index is 3.57. The van der Waals surface area contributed by atoms with E-state index in [0.717, 1.165) is 4.47 Å². The van der Waals surface area contributed by atoms with Crippen LogP contribution in [0.3, 0.4) is 0 Å². The summed E-state index contributed by atoms with van der Waals surface area (Å²) in [6.45, 7) is 0. The molecule has 4 heteroatoms. The number of thiophene rings is 1. The van der Waals surface area contributed by atoms with Gasteiger partial charge in [0.05, 0.1) is 7.36 Å². The molecule has 0 radical (unpaired) electrons. The molecule has 0 nitrogen and oxygen atoms in total. The molecule has 0 aliphatic rings. The van der Waals surface area contributed by atoms with Crippen molar-refractivity contribution >= 4 is 75.9 Å². The second kappa shape index (κ2) is 3.55. The summed E-state index contributed by atoms with van der Waals surface area (Å²) in [5.74, 6) is 0. The molecule has 0 aliphatic heterocycles. The van der Waals surface area contributed by atoms with E-state index < -0.39 is 0 Å². The van der Waals surface area contributed by atoms with Gasteiger partial charge in [0.25, 0.3) is 0 Å². The summed E-state index contributed by atoms with van der Waals surface area (Å²) in [5, 5.41) is 1.28. The van der Waals surface area contributed by atoms with E-state index in [9.17, 15) is 0 Å². The van der Waals surface area contributed by atoms with Crippen LogP contribution in [-0.2, 0) is 0 Å². The molecule has 0 atom stereocenters. The van der Waals surface area contributed by atoms with Crippen LogP contribution in [0.5, 0.6) is 0 Å². The summed E-state index contributed by atoms with van der Waals surface area (Å²) in [6.07, 6.45) is 0. The molecule has 2 rings (SSSR count). The number of halogens is 3. The van der Waals surface area contributed by atoms with Gasteiger partial charge in [0.15, 0.2) is 0 Å². The second-order valence-corrected chi connectivity index (χ2v) is 6.81. The van der Waals surface area contributed by atoms with Crippen molar-refractivity contribution in [1.82, 2.24) is 0 Å². The first-order chi connectivity index (χ1) is 5.70. The molecule has 0 spiro atoms. The lowest BCUT2D eigenvalue weighted by Gasteiger charge is -1.92. The van der Waals surface area contributed by atoms with Crippen molar-refractivity contribution in [2.45, 2.75) is 0 Å². The molecular weight excluding hydrogens is 415 g/mol. The van der Waals surface area contributed by atoms with E-state index in [2.05, 4.69) is 72.6 Å². The van der Waals surface area contributed by atoms with Crippen LogP contribution in [0.1, 0.15) is 0 Å². The minimum atomic E-state index is 1.16. The van der Waals surface area contributed by atoms with Crippen molar-refractivity contribution < 1.29 is 0 Å². The van der Waals surface area contributed by atoms with Crippen LogP contribution >= 0.6 is 65.8 Å². The average Bonchev–Trinajstić information content (AvgIpc) is 2.29. The van der Waals surface area contributed by atoms with Gasteiger partial charge < -0.3 is 0 Å². The fourth-order valence-electron chi connectivity index (χ4n) is 1.04. The molecule has 1 heterocycles. The van der Waals surface area contributed by atoms with Crippen LogP contribution in [0.25, 0.3) is 10.1 Å². The average molecular weight is 418 g/mol. The maximum Gasteiger partial charge on any atom is 0.0808 e. The predicted molar refractivity (Wildman–Crippen MR) is 69.9 cm³/mol. The van der Waals surface area contributed by atoms with Gasteiger partial charge in [-0.1, -0.05) is 22.0 Å². The Labute approximate surface area is 105 Å². The molecule has 12 heavy (non-hydrogen) atoms. The van der Waals surface area contributed by atoms with Gasteiger partial charge in [-0.05, 0) is 50.7 Å². The van der Waals surface area contributed by atoms with Gasteiger partial charge in [-0.2, -0.15) is 0 Å². The fourth-order valence-corrected chi connectivity index (χ4v) is 4.63. The van der Waals surface area contributed by atoms with Gasteiger partial charge in [-0.3, -0.25) is 0 Å². The fraction of sp³-hybridized carbons (Fsp3) is 0. The summed E-state index contributed by atoms with van der Waals surface area (Å²) in [5.41, 5.74) is 0. The second-order valence-electron chi connectivity index (χ2n) is 2.30. The number of rotatable bonds is 0. The van der Waals surface area contributed by atoms with Crippen LogP contribution in [-0.4, -0.2) is 0 Å². The first-order valence-corrected chi connectivity index (χ1v) is 6.70. The summed E-state index contributed by atoms with van der Waals surface area (Å²) in [7, 11) is 0. The first kappa shape index (κ1) is 9.43. The van der Waals surface area contributed by atoms with Crippen LogP contribution in [0, 0.1) is 2.88 Å². The van der Waals surface area contributed by atoms with E-state index in [4.69, 9.17) is 0 Å². The van der Waals surface area contributed by atoms with Crippen molar-refractivity contribution in [2.75, 3.05) is 0 Å². The highest BCUT2D eigenvalue weighted by Crippen LogP contribution is 2.39. The van der Waals surface area contributed by atoms with Gasteiger partial charge in [0.2, 0.25) is 0 Å². The molecule has 0 aliphatic carbocycles. The minimum Gasteiger partial charge on any atom is -0.128 e. The van der Waals surface area contributed by atoms with Crippen molar-refractivity contribution in [1.29, 1.82) is 0 Å². The molecule has 1 aromatic carbocycles. The Bertz CT molecular complexity index is 436. The van der Waals surface area contributed by atoms with Gasteiger partial charge >= 0.3 is 0 Å². The Morgan fingerprint density at radius 2 is 2.00 bits per heavy atom. The van der Waals surface area contributed by atoms with Crippen LogP contribution < -0.4 is 0 Å². The Hall–Kier alpha value is 0.870. The first-order valence-electron chi connectivity index (χ1n) is 3.22. The minimum absolute atomic E-state index is 1.16. The van der Waals surface area contributed by atoms with E-state index in [1.54, 1.807) is 11.3 Å². The third-order valence-corrected chi connectivity index (χ3v) is 6.17. The Morgan fingerprint density at radius 1 is 1.25 bits per heavy atom. The Morgan fingerprint density at radius 3 is 2.67 bits per heavy atom. The lowest BCUT2D eigenvalue weighted by molar-refractivity contribution is 1.76. The SMILES string of the molecule is Brc1cccc2sc(I)c(Br)c12. The normalized spacial score (nSPS) is 10.9. The van der Waals surface area contributed by atoms with Crippen molar-refractivity contribution in [3.8, 4) is 0 Å². The van der Waals surface area contributed by atoms with E-state index in [0.29, 0.717) is 0 Å². The van der Waals surface area contributed by atoms with Crippen molar-refractivity contribution in [3.63, 3.8) is 0 Å². The molecule has 0 bridgehead atoms. The molecule has 0 unspecified atom stereocenters. The van der Waals surface area contributed by atoms with Gasteiger partial charge in [0.1, 0.15) is 0 Å². The molecule has 0 amide bonds. The van der Waals surface area contributed by atoms with Gasteiger partial charge in [0, 0.05) is 14.6 Å². The Kier molecular flexibility index (Phi) is 2.79. The molecular formula is C8H3Br2IS. The summed E-state index contributed by atoms with van der Waals surface area (Å²) in [4.78, 5) is 0. The standard InChI is InChI=1S/C8H3Br2IS/c9-4-2-1-3-5-6(4)7(10)8(11)12-5/h1-3H. The van der Waals surface area contributed by atoms with Crippen LogP contribution in [0.15, 0.2) is 27.1 Å². The molecule has 2 aromatic rings. The zero-order chi connectivity index (χ0) is 8.72. The zero-order valence-electron chi connectivity index (χ0n) is 5.77. The number of benzene rings is 1. The number of fused-ring (bicyclic) bond motifs is 1. The largest absolute Gasteiger partial charge is 0.128 e. The molecule has 0 saturated carbocycles. The summed E-state index contributed by atoms with van der Waals surface area (Å²) in [6, 6.07) is 6.26. The third-order valence-electron chi connectivity index (χ3n) is 1.57. The molecule has 0 fully saturated rings.